The van der Waals surface area contributed by atoms with Gasteiger partial charge in [0.25, 0.3) is 0 Å². The van der Waals surface area contributed by atoms with Crippen LogP contribution in [-0.4, -0.2) is 24.8 Å². The molecule has 1 aliphatic rings. The van der Waals surface area contributed by atoms with Gasteiger partial charge in [0.15, 0.2) is 0 Å². The summed E-state index contributed by atoms with van der Waals surface area (Å²) in [6, 6.07) is 0. The molecule has 0 amide bonds. The van der Waals surface area contributed by atoms with E-state index in [0.717, 1.165) is 18.9 Å². The molecule has 0 aliphatic carbocycles. The summed E-state index contributed by atoms with van der Waals surface area (Å²) in [5.74, 6) is 1.51. The molecule has 2 nitrogen and oxygen atoms in total. The van der Waals surface area contributed by atoms with Gasteiger partial charge in [0.05, 0.1) is 0 Å². The number of rotatable bonds is 3. The number of hydrogen-bond acceptors (Lipinski definition) is 2. The summed E-state index contributed by atoms with van der Waals surface area (Å²) in [7, 11) is 0. The van der Waals surface area contributed by atoms with Crippen molar-refractivity contribution in [2.45, 2.75) is 19.8 Å². The lowest BCUT2D eigenvalue weighted by molar-refractivity contribution is 0.235. The highest BCUT2D eigenvalue weighted by Crippen LogP contribution is 2.20. The summed E-state index contributed by atoms with van der Waals surface area (Å²) in [5.41, 5.74) is 0. The maximum Gasteiger partial charge on any atom is 0.0433 e. The molecule has 0 radical (unpaired) electrons. The Kier molecular flexibility index (Phi) is 3.16. The van der Waals surface area contributed by atoms with Gasteiger partial charge in [-0.2, -0.15) is 0 Å². The van der Waals surface area contributed by atoms with E-state index in [2.05, 4.69) is 12.2 Å². The zero-order chi connectivity index (χ0) is 7.40. The molecule has 60 valence electrons. The summed E-state index contributed by atoms with van der Waals surface area (Å²) in [5, 5.41) is 12.0. The van der Waals surface area contributed by atoms with E-state index < -0.39 is 0 Å². The van der Waals surface area contributed by atoms with Crippen molar-refractivity contribution in [3.8, 4) is 0 Å². The highest BCUT2D eigenvalue weighted by atomic mass is 16.3. The fourth-order valence-electron chi connectivity index (χ4n) is 1.60. The van der Waals surface area contributed by atoms with E-state index in [4.69, 9.17) is 5.11 Å². The van der Waals surface area contributed by atoms with E-state index in [1.807, 2.05) is 0 Å². The summed E-state index contributed by atoms with van der Waals surface area (Å²) < 4.78 is 0. The lowest BCUT2D eigenvalue weighted by Gasteiger charge is -2.15. The van der Waals surface area contributed by atoms with Gasteiger partial charge < -0.3 is 10.4 Å². The zero-order valence-corrected chi connectivity index (χ0v) is 6.64. The average Bonchev–Trinajstić information content (AvgIpc) is 2.38. The Balaban J connectivity index is 2.18. The lowest BCUT2D eigenvalue weighted by Crippen LogP contribution is -2.16. The molecule has 1 heterocycles. The predicted molar refractivity (Wildman–Crippen MR) is 41.8 cm³/mol. The van der Waals surface area contributed by atoms with Crippen LogP contribution in [0.1, 0.15) is 19.8 Å². The van der Waals surface area contributed by atoms with Gasteiger partial charge in [-0.1, -0.05) is 6.92 Å². The van der Waals surface area contributed by atoms with Crippen molar-refractivity contribution < 1.29 is 5.11 Å². The molecule has 0 spiro atoms. The molecule has 2 heteroatoms. The van der Waals surface area contributed by atoms with E-state index in [-0.39, 0.29) is 0 Å². The predicted octanol–water partition coefficient (Wildman–Crippen LogP) is 0.614. The Bertz CT molecular complexity index is 89.3. The molecule has 1 fully saturated rings. The van der Waals surface area contributed by atoms with Crippen LogP contribution in [0.4, 0.5) is 0 Å². The molecule has 0 saturated carbocycles. The van der Waals surface area contributed by atoms with E-state index >= 15 is 0 Å². The molecule has 0 aromatic carbocycles. The van der Waals surface area contributed by atoms with E-state index in [1.54, 1.807) is 0 Å². The third-order valence-corrected chi connectivity index (χ3v) is 2.49. The Hall–Kier alpha value is -0.0800. The average molecular weight is 143 g/mol. The molecular formula is C8H17NO. The first-order valence-corrected chi connectivity index (χ1v) is 4.16. The van der Waals surface area contributed by atoms with Crippen LogP contribution in [0, 0.1) is 11.8 Å². The Morgan fingerprint density at radius 2 is 2.50 bits per heavy atom. The van der Waals surface area contributed by atoms with Crippen molar-refractivity contribution in [2.75, 3.05) is 19.7 Å². The second kappa shape index (κ2) is 3.94. The maximum atomic E-state index is 8.68. The first kappa shape index (κ1) is 8.02. The van der Waals surface area contributed by atoms with Crippen LogP contribution < -0.4 is 5.32 Å². The van der Waals surface area contributed by atoms with Gasteiger partial charge in [-0.05, 0) is 37.8 Å². The first-order chi connectivity index (χ1) is 4.84. The fourth-order valence-corrected chi connectivity index (χ4v) is 1.60. The van der Waals surface area contributed by atoms with Gasteiger partial charge in [-0.15, -0.1) is 0 Å². The Morgan fingerprint density at radius 1 is 1.70 bits per heavy atom. The number of aliphatic hydroxyl groups is 1. The van der Waals surface area contributed by atoms with Crippen molar-refractivity contribution in [2.24, 2.45) is 11.8 Å². The Morgan fingerprint density at radius 3 is 3.00 bits per heavy atom. The van der Waals surface area contributed by atoms with Gasteiger partial charge in [0.2, 0.25) is 0 Å². The van der Waals surface area contributed by atoms with Crippen LogP contribution in [-0.2, 0) is 0 Å². The van der Waals surface area contributed by atoms with Crippen molar-refractivity contribution in [1.29, 1.82) is 0 Å². The zero-order valence-electron chi connectivity index (χ0n) is 6.64. The summed E-state index contributed by atoms with van der Waals surface area (Å²) in [4.78, 5) is 0. The van der Waals surface area contributed by atoms with Crippen molar-refractivity contribution in [3.05, 3.63) is 0 Å². The molecule has 1 rings (SSSR count). The van der Waals surface area contributed by atoms with Crippen LogP contribution in [0.2, 0.25) is 0 Å². The van der Waals surface area contributed by atoms with E-state index in [1.165, 1.54) is 13.0 Å². The van der Waals surface area contributed by atoms with Crippen LogP contribution in [0.15, 0.2) is 0 Å². The smallest absolute Gasteiger partial charge is 0.0433 e. The fraction of sp³-hybridized carbons (Fsp3) is 1.00. The highest BCUT2D eigenvalue weighted by molar-refractivity contribution is 4.75. The topological polar surface area (TPSA) is 32.3 Å². The molecule has 1 aliphatic heterocycles. The maximum absolute atomic E-state index is 8.68. The molecule has 0 bridgehead atoms. The molecule has 0 aromatic heterocycles. The molecular weight excluding hydrogens is 126 g/mol. The molecule has 1 saturated heterocycles. The Labute approximate surface area is 62.6 Å². The van der Waals surface area contributed by atoms with Gasteiger partial charge >= 0.3 is 0 Å². The molecule has 10 heavy (non-hydrogen) atoms. The number of hydrogen-bond donors (Lipinski definition) is 2. The molecule has 0 aromatic rings. The minimum atomic E-state index is 0.345. The van der Waals surface area contributed by atoms with Gasteiger partial charge in [-0.25, -0.2) is 0 Å². The van der Waals surface area contributed by atoms with Crippen LogP contribution >= 0.6 is 0 Å². The third-order valence-electron chi connectivity index (χ3n) is 2.49. The monoisotopic (exact) mass is 143 g/mol. The normalized spacial score (nSPS) is 28.8. The van der Waals surface area contributed by atoms with Gasteiger partial charge in [-0.3, -0.25) is 0 Å². The standard InChI is InChI=1S/C8H17NO/c1-7(3-5-10)8-2-4-9-6-8/h7-10H,2-6H2,1H3. The molecule has 2 N–H and O–H groups in total. The van der Waals surface area contributed by atoms with Gasteiger partial charge in [0, 0.05) is 6.61 Å². The molecule has 2 unspecified atom stereocenters. The summed E-state index contributed by atoms with van der Waals surface area (Å²) in [6.07, 6.45) is 2.26. The largest absolute Gasteiger partial charge is 0.396 e. The quantitative estimate of drug-likeness (QED) is 0.607. The van der Waals surface area contributed by atoms with Crippen LogP contribution in [0.25, 0.3) is 0 Å². The van der Waals surface area contributed by atoms with E-state index in [0.29, 0.717) is 12.5 Å². The second-order valence-electron chi connectivity index (χ2n) is 3.24. The van der Waals surface area contributed by atoms with Gasteiger partial charge in [0.1, 0.15) is 0 Å². The van der Waals surface area contributed by atoms with Crippen molar-refractivity contribution in [3.63, 3.8) is 0 Å². The molecule has 2 atom stereocenters. The minimum Gasteiger partial charge on any atom is -0.396 e. The minimum absolute atomic E-state index is 0.345. The number of aliphatic hydroxyl groups excluding tert-OH is 1. The van der Waals surface area contributed by atoms with Crippen LogP contribution in [0.3, 0.4) is 0 Å². The van der Waals surface area contributed by atoms with Crippen molar-refractivity contribution in [1.82, 2.24) is 5.32 Å². The highest BCUT2D eigenvalue weighted by Gasteiger charge is 2.20. The summed E-state index contributed by atoms with van der Waals surface area (Å²) in [6.45, 7) is 4.90. The SMILES string of the molecule is CC(CCO)C1CCNC1. The lowest BCUT2D eigenvalue weighted by atomic mass is 9.91. The van der Waals surface area contributed by atoms with Crippen molar-refractivity contribution >= 4 is 0 Å². The second-order valence-corrected chi connectivity index (χ2v) is 3.24. The number of nitrogens with one attached hydrogen (secondary N) is 1. The first-order valence-electron chi connectivity index (χ1n) is 4.16. The van der Waals surface area contributed by atoms with E-state index in [9.17, 15) is 0 Å². The third kappa shape index (κ3) is 1.96. The van der Waals surface area contributed by atoms with Crippen LogP contribution in [0.5, 0.6) is 0 Å². The summed E-state index contributed by atoms with van der Waals surface area (Å²) >= 11 is 0.